The number of aryl methyl sites for hydroxylation is 1. The van der Waals surface area contributed by atoms with Crippen LogP contribution in [0.25, 0.3) is 11.0 Å². The van der Waals surface area contributed by atoms with Crippen LogP contribution in [0.2, 0.25) is 0 Å². The van der Waals surface area contributed by atoms with Crippen molar-refractivity contribution in [2.45, 2.75) is 39.5 Å². The fourth-order valence-electron chi connectivity index (χ4n) is 2.04. The van der Waals surface area contributed by atoms with E-state index in [-0.39, 0.29) is 5.41 Å². The predicted octanol–water partition coefficient (Wildman–Crippen LogP) is 3.49. The lowest BCUT2D eigenvalue weighted by Crippen LogP contribution is -2.14. The lowest BCUT2D eigenvalue weighted by Gasteiger charge is -2.22. The van der Waals surface area contributed by atoms with Gasteiger partial charge in [-0.25, -0.2) is 0 Å². The van der Waals surface area contributed by atoms with Crippen LogP contribution < -0.4 is 0 Å². The molecule has 0 amide bonds. The number of hydrogen-bond donors (Lipinski definition) is 0. The summed E-state index contributed by atoms with van der Waals surface area (Å²) in [6.45, 7) is 8.91. The summed E-state index contributed by atoms with van der Waals surface area (Å²) in [6.07, 6.45) is 4.54. The molecule has 0 aliphatic heterocycles. The van der Waals surface area contributed by atoms with E-state index in [1.807, 2.05) is 0 Å². The molecule has 1 aromatic heterocycles. The van der Waals surface area contributed by atoms with Crippen molar-refractivity contribution in [3.63, 3.8) is 0 Å². The second kappa shape index (κ2) is 3.85. The number of fused-ring (bicyclic) bond motifs is 1. The quantitative estimate of drug-likeness (QED) is 0.726. The van der Waals surface area contributed by atoms with E-state index in [2.05, 4.69) is 49.8 Å². The molecule has 84 valence electrons. The van der Waals surface area contributed by atoms with E-state index >= 15 is 0 Å². The van der Waals surface area contributed by atoms with Crippen LogP contribution in [0, 0.1) is 0 Å². The lowest BCUT2D eigenvalue weighted by molar-refractivity contribution is 0.584. The molecule has 0 fully saturated rings. The Labute approximate surface area is 96.7 Å². The van der Waals surface area contributed by atoms with Gasteiger partial charge in [0, 0.05) is 12.4 Å². The zero-order chi connectivity index (χ0) is 11.8. The minimum atomic E-state index is 0.164. The predicted molar refractivity (Wildman–Crippen MR) is 67.6 cm³/mol. The Morgan fingerprint density at radius 3 is 2.06 bits per heavy atom. The van der Waals surface area contributed by atoms with Crippen molar-refractivity contribution in [1.29, 1.82) is 0 Å². The summed E-state index contributed by atoms with van der Waals surface area (Å²) >= 11 is 0. The van der Waals surface area contributed by atoms with Gasteiger partial charge in [-0.15, -0.1) is 0 Å². The molecule has 2 aromatic rings. The molecule has 0 radical (unpaired) electrons. The molecular formula is C14H18N2. The summed E-state index contributed by atoms with van der Waals surface area (Å²) < 4.78 is 0. The molecule has 0 saturated carbocycles. The Morgan fingerprint density at radius 2 is 1.56 bits per heavy atom. The molecule has 0 aliphatic rings. The van der Waals surface area contributed by atoms with Gasteiger partial charge in [-0.1, -0.05) is 27.7 Å². The van der Waals surface area contributed by atoms with Crippen LogP contribution in [0.3, 0.4) is 0 Å². The zero-order valence-corrected chi connectivity index (χ0v) is 10.4. The molecule has 2 rings (SSSR count). The topological polar surface area (TPSA) is 25.8 Å². The van der Waals surface area contributed by atoms with Crippen LogP contribution >= 0.6 is 0 Å². The molecule has 0 unspecified atom stereocenters. The largest absolute Gasteiger partial charge is 0.253 e. The number of nitrogens with zero attached hydrogens (tertiary/aromatic N) is 2. The highest BCUT2D eigenvalue weighted by Crippen LogP contribution is 2.28. The maximum Gasteiger partial charge on any atom is 0.0889 e. The summed E-state index contributed by atoms with van der Waals surface area (Å²) in [5, 5.41) is 0. The Morgan fingerprint density at radius 1 is 1.00 bits per heavy atom. The highest BCUT2D eigenvalue weighted by atomic mass is 14.8. The van der Waals surface area contributed by atoms with Crippen LogP contribution in [0.4, 0.5) is 0 Å². The summed E-state index contributed by atoms with van der Waals surface area (Å²) in [4.78, 5) is 8.72. The summed E-state index contributed by atoms with van der Waals surface area (Å²) in [7, 11) is 0. The van der Waals surface area contributed by atoms with Crippen LogP contribution in [0.5, 0.6) is 0 Å². The first kappa shape index (κ1) is 11.1. The van der Waals surface area contributed by atoms with E-state index in [1.54, 1.807) is 12.4 Å². The maximum absolute atomic E-state index is 4.37. The Kier molecular flexibility index (Phi) is 2.66. The van der Waals surface area contributed by atoms with E-state index in [1.165, 1.54) is 11.1 Å². The summed E-state index contributed by atoms with van der Waals surface area (Å²) in [5.41, 5.74) is 4.90. The number of benzene rings is 1. The van der Waals surface area contributed by atoms with Crippen molar-refractivity contribution in [2.75, 3.05) is 0 Å². The molecule has 0 aliphatic carbocycles. The van der Waals surface area contributed by atoms with Crippen LogP contribution in [-0.2, 0) is 11.8 Å². The van der Waals surface area contributed by atoms with Crippen molar-refractivity contribution in [3.05, 3.63) is 35.7 Å². The van der Waals surface area contributed by atoms with Crippen molar-refractivity contribution >= 4 is 11.0 Å². The van der Waals surface area contributed by atoms with Crippen molar-refractivity contribution in [3.8, 4) is 0 Å². The Bertz CT molecular complexity index is 510. The van der Waals surface area contributed by atoms with Gasteiger partial charge in [-0.3, -0.25) is 9.97 Å². The first-order valence-electron chi connectivity index (χ1n) is 5.76. The smallest absolute Gasteiger partial charge is 0.0889 e. The van der Waals surface area contributed by atoms with Crippen molar-refractivity contribution in [1.82, 2.24) is 9.97 Å². The van der Waals surface area contributed by atoms with Gasteiger partial charge in [0.15, 0.2) is 0 Å². The molecule has 1 aromatic carbocycles. The highest BCUT2D eigenvalue weighted by Gasteiger charge is 2.18. The normalized spacial score (nSPS) is 12.0. The van der Waals surface area contributed by atoms with E-state index in [0.717, 1.165) is 17.5 Å². The van der Waals surface area contributed by atoms with Gasteiger partial charge >= 0.3 is 0 Å². The second-order valence-electron chi connectivity index (χ2n) is 5.16. The number of aromatic nitrogens is 2. The highest BCUT2D eigenvalue weighted by molar-refractivity contribution is 5.76. The average molecular weight is 214 g/mol. The average Bonchev–Trinajstić information content (AvgIpc) is 2.26. The standard InChI is InChI=1S/C14H18N2/c1-5-10-8-12-13(16-7-6-15-12)9-11(10)14(2,3)4/h6-9H,5H2,1-4H3. The van der Waals surface area contributed by atoms with Crippen LogP contribution in [0.15, 0.2) is 24.5 Å². The van der Waals surface area contributed by atoms with E-state index < -0.39 is 0 Å². The molecule has 2 heteroatoms. The number of rotatable bonds is 1. The second-order valence-corrected chi connectivity index (χ2v) is 5.16. The number of hydrogen-bond acceptors (Lipinski definition) is 2. The molecule has 1 heterocycles. The fraction of sp³-hybridized carbons (Fsp3) is 0.429. The van der Waals surface area contributed by atoms with Crippen LogP contribution in [0.1, 0.15) is 38.8 Å². The monoisotopic (exact) mass is 214 g/mol. The van der Waals surface area contributed by atoms with Gasteiger partial charge < -0.3 is 0 Å². The third-order valence-electron chi connectivity index (χ3n) is 2.88. The molecule has 0 N–H and O–H groups in total. The molecule has 0 spiro atoms. The van der Waals surface area contributed by atoms with Crippen molar-refractivity contribution < 1.29 is 0 Å². The minimum absolute atomic E-state index is 0.164. The Balaban J connectivity index is 2.73. The molecule has 0 saturated heterocycles. The Hall–Kier alpha value is -1.44. The van der Waals surface area contributed by atoms with E-state index in [4.69, 9.17) is 0 Å². The van der Waals surface area contributed by atoms with Gasteiger partial charge in [-0.05, 0) is 35.1 Å². The molecule has 0 atom stereocenters. The molecular weight excluding hydrogens is 196 g/mol. The molecule has 0 bridgehead atoms. The third-order valence-corrected chi connectivity index (χ3v) is 2.88. The fourth-order valence-corrected chi connectivity index (χ4v) is 2.04. The van der Waals surface area contributed by atoms with E-state index in [9.17, 15) is 0 Å². The maximum atomic E-state index is 4.37. The van der Waals surface area contributed by atoms with Gasteiger partial charge in [0.05, 0.1) is 11.0 Å². The summed E-state index contributed by atoms with van der Waals surface area (Å²) in [5.74, 6) is 0. The first-order chi connectivity index (χ1) is 7.52. The van der Waals surface area contributed by atoms with Gasteiger partial charge in [0.25, 0.3) is 0 Å². The van der Waals surface area contributed by atoms with Crippen molar-refractivity contribution in [2.24, 2.45) is 0 Å². The lowest BCUT2D eigenvalue weighted by atomic mass is 9.83. The minimum Gasteiger partial charge on any atom is -0.253 e. The van der Waals surface area contributed by atoms with Gasteiger partial charge in [-0.2, -0.15) is 0 Å². The van der Waals surface area contributed by atoms with Gasteiger partial charge in [0.1, 0.15) is 0 Å². The van der Waals surface area contributed by atoms with E-state index in [0.29, 0.717) is 0 Å². The molecule has 2 nitrogen and oxygen atoms in total. The molecule has 16 heavy (non-hydrogen) atoms. The SMILES string of the molecule is CCc1cc2nccnc2cc1C(C)(C)C. The van der Waals surface area contributed by atoms with Crippen LogP contribution in [-0.4, -0.2) is 9.97 Å². The van der Waals surface area contributed by atoms with Gasteiger partial charge in [0.2, 0.25) is 0 Å². The summed E-state index contributed by atoms with van der Waals surface area (Å²) in [6, 6.07) is 4.35. The first-order valence-corrected chi connectivity index (χ1v) is 5.76. The zero-order valence-electron chi connectivity index (χ0n) is 10.4. The third kappa shape index (κ3) is 1.92.